The highest BCUT2D eigenvalue weighted by Crippen LogP contribution is 2.34. The number of hydrogen-bond donors (Lipinski definition) is 0. The van der Waals surface area contributed by atoms with Gasteiger partial charge in [0.1, 0.15) is 24.7 Å². The molecule has 0 bridgehead atoms. The van der Waals surface area contributed by atoms with Crippen LogP contribution in [-0.4, -0.2) is 48.4 Å². The van der Waals surface area contributed by atoms with Gasteiger partial charge >= 0.3 is 11.9 Å². The van der Waals surface area contributed by atoms with Gasteiger partial charge in [0.05, 0.1) is 20.3 Å². The minimum absolute atomic E-state index is 0.288. The number of benzene rings is 4. The molecule has 0 amide bonds. The molecule has 0 saturated heterocycles. The Kier molecular flexibility index (Phi) is 11.6. The molecule has 0 atom stereocenters. The molecule has 60 heavy (non-hydrogen) atoms. The van der Waals surface area contributed by atoms with Crippen molar-refractivity contribution in [2.24, 2.45) is 0 Å². The van der Waals surface area contributed by atoms with Crippen molar-refractivity contribution in [3.05, 3.63) is 130 Å². The van der Waals surface area contributed by atoms with Crippen molar-refractivity contribution >= 4 is 53.4 Å². The highest BCUT2D eigenvalue weighted by atomic mass is 32.2. The number of carbonyl (C=O) groups excluding carboxylic acids is 2. The van der Waals surface area contributed by atoms with Crippen LogP contribution in [0.4, 0.5) is 8.78 Å². The average Bonchev–Trinajstić information content (AvgIpc) is 3.93. The molecule has 13 heteroatoms. The maximum absolute atomic E-state index is 14.6. The largest absolute Gasteiger partial charge is 0.390 e. The first-order valence-electron chi connectivity index (χ1n) is 20.6. The Hall–Kier alpha value is -5.14. The monoisotopic (exact) mass is 854 g/mol. The molecular weight excluding hydrogens is 807 g/mol. The van der Waals surface area contributed by atoms with Crippen LogP contribution >= 0.6 is 0 Å². The van der Waals surface area contributed by atoms with E-state index in [9.17, 15) is 35.2 Å². The maximum Gasteiger partial charge on any atom is 0.333 e. The summed E-state index contributed by atoms with van der Waals surface area (Å²) in [6.07, 6.45) is 8.06. The summed E-state index contributed by atoms with van der Waals surface area (Å²) >= 11 is 0. The van der Waals surface area contributed by atoms with Crippen LogP contribution in [-0.2, 0) is 59.9 Å². The van der Waals surface area contributed by atoms with Crippen LogP contribution in [0.25, 0.3) is 21.8 Å². The lowest BCUT2D eigenvalue weighted by molar-refractivity contribution is -0.160. The third kappa shape index (κ3) is 8.18. The highest BCUT2D eigenvalue weighted by Gasteiger charge is 2.31. The number of fused-ring (bicyclic) bond motifs is 2. The first-order valence-corrected chi connectivity index (χ1v) is 23.7. The lowest BCUT2D eigenvalue weighted by Gasteiger charge is -2.21. The molecule has 2 heterocycles. The Morgan fingerprint density at radius 1 is 0.567 bits per heavy atom. The Labute approximate surface area is 349 Å². The maximum atomic E-state index is 14.6. The molecular formula is C47H48F2N2O7S2. The second kappa shape index (κ2) is 16.7. The van der Waals surface area contributed by atoms with Crippen molar-refractivity contribution < 1.29 is 39.9 Å². The number of halogens is 2. The summed E-state index contributed by atoms with van der Waals surface area (Å²) in [4.78, 5) is 27.4. The lowest BCUT2D eigenvalue weighted by Crippen LogP contribution is -2.24. The van der Waals surface area contributed by atoms with Gasteiger partial charge in [-0.3, -0.25) is 0 Å². The summed E-state index contributed by atoms with van der Waals surface area (Å²) in [5.41, 5.74) is 5.64. The Morgan fingerprint density at radius 2 is 0.933 bits per heavy atom. The summed E-state index contributed by atoms with van der Waals surface area (Å²) in [6, 6.07) is 22.2. The number of rotatable bonds is 12. The van der Waals surface area contributed by atoms with Crippen LogP contribution in [0, 0.1) is 25.5 Å². The highest BCUT2D eigenvalue weighted by molar-refractivity contribution is 7.92. The van der Waals surface area contributed by atoms with Gasteiger partial charge in [0.15, 0.2) is 19.7 Å². The number of carbonyl (C=O) groups is 2. The second-order valence-corrected chi connectivity index (χ2v) is 20.8. The number of ether oxygens (including phenoxy) is 1. The zero-order valence-electron chi connectivity index (χ0n) is 33.8. The van der Waals surface area contributed by atoms with Gasteiger partial charge in [-0.1, -0.05) is 56.4 Å². The molecule has 2 aromatic heterocycles. The van der Waals surface area contributed by atoms with E-state index in [1.54, 1.807) is 76.7 Å². The van der Waals surface area contributed by atoms with Gasteiger partial charge < -0.3 is 13.9 Å². The molecule has 8 rings (SSSR count). The van der Waals surface area contributed by atoms with E-state index in [1.165, 1.54) is 24.3 Å². The van der Waals surface area contributed by atoms with Gasteiger partial charge in [-0.05, 0) is 135 Å². The van der Waals surface area contributed by atoms with Crippen molar-refractivity contribution in [1.82, 2.24) is 9.13 Å². The van der Waals surface area contributed by atoms with Gasteiger partial charge in [-0.2, -0.15) is 0 Å². The van der Waals surface area contributed by atoms with E-state index in [2.05, 4.69) is 0 Å². The number of nitrogens with zero attached hydrogens (tertiary/aromatic N) is 2. The first kappa shape index (κ1) is 41.6. The average molecular weight is 855 g/mol. The lowest BCUT2D eigenvalue weighted by atomic mass is 10.0. The Balaban J connectivity index is 0.985. The van der Waals surface area contributed by atoms with E-state index in [4.69, 9.17) is 4.74 Å². The second-order valence-electron chi connectivity index (χ2n) is 16.4. The van der Waals surface area contributed by atoms with Crippen LogP contribution in [0.5, 0.6) is 0 Å². The van der Waals surface area contributed by atoms with Gasteiger partial charge in [0.2, 0.25) is 0 Å². The third-order valence-corrected chi connectivity index (χ3v) is 17.2. The standard InChI is InChI=1S/C47H48F2N2O7S2/c1-30-40(24-32-12-18-38(19-13-32)59(54,55)36-8-4-3-5-9-36)42-26-34(48)16-22-44(42)50(30)28-46(52)58-47(53)29-51-31(2)41(43-27-35(49)17-23-45(43)51)25-33-14-20-39(21-15-33)60(56,57)37-10-6-7-11-37/h12-23,26-27,36-37H,3-11,24-25,28-29H2,1-2H3. The van der Waals surface area contributed by atoms with Gasteiger partial charge in [-0.25, -0.2) is 35.2 Å². The van der Waals surface area contributed by atoms with E-state index < -0.39 is 43.2 Å². The molecule has 0 spiro atoms. The van der Waals surface area contributed by atoms with E-state index in [0.29, 0.717) is 76.6 Å². The normalized spacial score (nSPS) is 15.6. The number of esters is 2. The molecule has 0 N–H and O–H groups in total. The molecule has 6 aromatic rings. The van der Waals surface area contributed by atoms with Gasteiger partial charge in [0.25, 0.3) is 0 Å². The van der Waals surface area contributed by atoms with Crippen LogP contribution in [0.15, 0.2) is 94.7 Å². The summed E-state index contributed by atoms with van der Waals surface area (Å²) < 4.78 is 90.9. The van der Waals surface area contributed by atoms with Crippen molar-refractivity contribution in [2.45, 2.75) is 118 Å². The molecule has 4 aromatic carbocycles. The van der Waals surface area contributed by atoms with E-state index in [-0.39, 0.29) is 28.5 Å². The van der Waals surface area contributed by atoms with E-state index in [0.717, 1.165) is 54.4 Å². The van der Waals surface area contributed by atoms with Crippen molar-refractivity contribution in [2.75, 3.05) is 0 Å². The van der Waals surface area contributed by atoms with Crippen molar-refractivity contribution in [3.8, 4) is 0 Å². The third-order valence-electron chi connectivity index (χ3n) is 12.6. The Morgan fingerprint density at radius 3 is 1.32 bits per heavy atom. The van der Waals surface area contributed by atoms with Crippen molar-refractivity contribution in [1.29, 1.82) is 0 Å². The summed E-state index contributed by atoms with van der Waals surface area (Å²) in [6.45, 7) is 2.96. The van der Waals surface area contributed by atoms with Crippen LogP contribution in [0.1, 0.15) is 91.4 Å². The van der Waals surface area contributed by atoms with Gasteiger partial charge in [-0.15, -0.1) is 0 Å². The van der Waals surface area contributed by atoms with Crippen molar-refractivity contribution in [3.63, 3.8) is 0 Å². The number of hydrogen-bond acceptors (Lipinski definition) is 7. The molecule has 314 valence electrons. The zero-order chi connectivity index (χ0) is 42.3. The SMILES string of the molecule is Cc1c(Cc2ccc(S(=O)(=O)C3CCCCC3)cc2)c2cc(F)ccc2n1CC(=O)OC(=O)Cn1c(C)c(Cc2ccc(S(=O)(=O)C3CCCC3)cc2)c2cc(F)ccc21. The molecule has 9 nitrogen and oxygen atoms in total. The topological polar surface area (TPSA) is 122 Å². The fourth-order valence-corrected chi connectivity index (χ4v) is 13.0. The molecule has 0 aliphatic heterocycles. The summed E-state index contributed by atoms with van der Waals surface area (Å²) in [7, 11) is -6.86. The molecule has 0 radical (unpaired) electrons. The molecule has 0 unspecified atom stereocenters. The predicted molar refractivity (Wildman–Crippen MR) is 226 cm³/mol. The summed E-state index contributed by atoms with van der Waals surface area (Å²) in [5, 5.41) is 0.446. The molecule has 2 aliphatic rings. The zero-order valence-corrected chi connectivity index (χ0v) is 35.4. The quantitative estimate of drug-likeness (QED) is 0.0889. The first-order chi connectivity index (χ1) is 28.7. The minimum Gasteiger partial charge on any atom is -0.390 e. The van der Waals surface area contributed by atoms with E-state index in [1.807, 2.05) is 6.92 Å². The van der Waals surface area contributed by atoms with Crippen LogP contribution < -0.4 is 0 Å². The smallest absolute Gasteiger partial charge is 0.333 e. The Bertz CT molecular complexity index is 2830. The van der Waals surface area contributed by atoms with Gasteiger partial charge in [0, 0.05) is 33.2 Å². The molecule has 2 fully saturated rings. The fourth-order valence-electron chi connectivity index (χ4n) is 9.31. The van der Waals surface area contributed by atoms with E-state index >= 15 is 0 Å². The number of sulfone groups is 2. The number of aromatic nitrogens is 2. The minimum atomic E-state index is -3.44. The fraction of sp³-hybridized carbons (Fsp3) is 0.362. The van der Waals surface area contributed by atoms with Crippen LogP contribution in [0.2, 0.25) is 0 Å². The van der Waals surface area contributed by atoms with Crippen LogP contribution in [0.3, 0.4) is 0 Å². The summed E-state index contributed by atoms with van der Waals surface area (Å²) in [5.74, 6) is -2.54. The molecule has 2 saturated carbocycles. The predicted octanol–water partition coefficient (Wildman–Crippen LogP) is 9.27. The molecule has 2 aliphatic carbocycles.